The maximum atomic E-state index is 10.7. The van der Waals surface area contributed by atoms with Crippen LogP contribution in [0.25, 0.3) is 0 Å². The van der Waals surface area contributed by atoms with Crippen LogP contribution >= 0.6 is 11.8 Å². The monoisotopic (exact) mass is 280 g/mol. The molecule has 1 unspecified atom stereocenters. The number of nitrogens with zero attached hydrogens (tertiary/aromatic N) is 2. The van der Waals surface area contributed by atoms with Gasteiger partial charge in [0, 0.05) is 17.8 Å². The van der Waals surface area contributed by atoms with Gasteiger partial charge in [0.05, 0.1) is 5.25 Å². The van der Waals surface area contributed by atoms with E-state index in [0.717, 1.165) is 29.2 Å². The van der Waals surface area contributed by atoms with Crippen LogP contribution in [0.2, 0.25) is 0 Å². The predicted molar refractivity (Wildman–Crippen MR) is 76.5 cm³/mol. The molecular weight excluding hydrogens is 260 g/mol. The Morgan fingerprint density at radius 2 is 2.00 bits per heavy atom. The number of carboxylic acids is 1. The summed E-state index contributed by atoms with van der Waals surface area (Å²) < 4.78 is 0. The number of rotatable bonds is 4. The Labute approximate surface area is 118 Å². The first-order valence-corrected chi connectivity index (χ1v) is 7.80. The minimum Gasteiger partial charge on any atom is -0.481 e. The van der Waals surface area contributed by atoms with E-state index in [4.69, 9.17) is 5.11 Å². The smallest absolute Gasteiger partial charge is 0.303 e. The van der Waals surface area contributed by atoms with Crippen molar-refractivity contribution >= 4 is 17.7 Å². The van der Waals surface area contributed by atoms with E-state index in [0.29, 0.717) is 11.7 Å². The highest BCUT2D eigenvalue weighted by Gasteiger charge is 2.20. The standard InChI is InChI=1S/C14H20N2O2S/c1-9-11(6-7-13(17)18)10(2)16-14(15-9)12-5-3-4-8-19-12/h12H,3-8H2,1-2H3,(H,17,18). The van der Waals surface area contributed by atoms with E-state index < -0.39 is 5.97 Å². The summed E-state index contributed by atoms with van der Waals surface area (Å²) in [4.78, 5) is 19.9. The van der Waals surface area contributed by atoms with Crippen LogP contribution in [0.5, 0.6) is 0 Å². The molecule has 0 spiro atoms. The first-order valence-electron chi connectivity index (χ1n) is 6.75. The van der Waals surface area contributed by atoms with Gasteiger partial charge < -0.3 is 5.11 Å². The van der Waals surface area contributed by atoms with Gasteiger partial charge in [-0.25, -0.2) is 9.97 Å². The summed E-state index contributed by atoms with van der Waals surface area (Å²) in [5.74, 6) is 1.34. The molecule has 0 saturated carbocycles. The summed E-state index contributed by atoms with van der Waals surface area (Å²) in [7, 11) is 0. The maximum absolute atomic E-state index is 10.7. The van der Waals surface area contributed by atoms with Crippen LogP contribution in [0.4, 0.5) is 0 Å². The van der Waals surface area contributed by atoms with Gasteiger partial charge in [0.25, 0.3) is 0 Å². The van der Waals surface area contributed by atoms with Crippen LogP contribution in [-0.4, -0.2) is 26.8 Å². The molecule has 19 heavy (non-hydrogen) atoms. The average Bonchev–Trinajstić information content (AvgIpc) is 2.38. The normalized spacial score (nSPS) is 19.4. The van der Waals surface area contributed by atoms with E-state index in [1.54, 1.807) is 0 Å². The maximum Gasteiger partial charge on any atom is 0.303 e. The number of hydrogen-bond donors (Lipinski definition) is 1. The van der Waals surface area contributed by atoms with E-state index in [1.807, 2.05) is 25.6 Å². The molecule has 2 rings (SSSR count). The fourth-order valence-corrected chi connectivity index (χ4v) is 3.69. The Hall–Kier alpha value is -1.10. The first-order chi connectivity index (χ1) is 9.08. The predicted octanol–water partition coefficient (Wildman–Crippen LogP) is 3.07. The first kappa shape index (κ1) is 14.3. The second kappa shape index (κ2) is 6.37. The number of hydrogen-bond acceptors (Lipinski definition) is 4. The van der Waals surface area contributed by atoms with Gasteiger partial charge in [0.2, 0.25) is 0 Å². The molecule has 0 radical (unpaired) electrons. The second-order valence-corrected chi connectivity index (χ2v) is 6.29. The molecule has 1 saturated heterocycles. The number of thioether (sulfide) groups is 1. The van der Waals surface area contributed by atoms with Gasteiger partial charge >= 0.3 is 5.97 Å². The van der Waals surface area contributed by atoms with Gasteiger partial charge in [-0.05, 0) is 44.4 Å². The van der Waals surface area contributed by atoms with Gasteiger partial charge in [0.15, 0.2) is 0 Å². The molecule has 1 aromatic heterocycles. The van der Waals surface area contributed by atoms with Crippen LogP contribution in [0.15, 0.2) is 0 Å². The fourth-order valence-electron chi connectivity index (χ4n) is 2.45. The van der Waals surface area contributed by atoms with Gasteiger partial charge in [-0.2, -0.15) is 11.8 Å². The van der Waals surface area contributed by atoms with Crippen molar-refractivity contribution in [3.8, 4) is 0 Å². The van der Waals surface area contributed by atoms with E-state index in [9.17, 15) is 4.79 Å². The lowest BCUT2D eigenvalue weighted by Crippen LogP contribution is -2.11. The summed E-state index contributed by atoms with van der Waals surface area (Å²) >= 11 is 1.94. The Balaban J connectivity index is 2.18. The molecule has 5 heteroatoms. The summed E-state index contributed by atoms with van der Waals surface area (Å²) in [6, 6.07) is 0. The molecule has 1 aliphatic heterocycles. The minimum atomic E-state index is -0.772. The number of aryl methyl sites for hydroxylation is 2. The molecule has 1 N–H and O–H groups in total. The molecule has 1 aromatic rings. The Morgan fingerprint density at radius 1 is 1.32 bits per heavy atom. The molecule has 0 bridgehead atoms. The lowest BCUT2D eigenvalue weighted by molar-refractivity contribution is -0.136. The average molecular weight is 280 g/mol. The van der Waals surface area contributed by atoms with E-state index >= 15 is 0 Å². The van der Waals surface area contributed by atoms with E-state index in [-0.39, 0.29) is 6.42 Å². The van der Waals surface area contributed by atoms with Crippen molar-refractivity contribution in [3.63, 3.8) is 0 Å². The van der Waals surface area contributed by atoms with Gasteiger partial charge in [-0.1, -0.05) is 6.42 Å². The minimum absolute atomic E-state index is 0.141. The second-order valence-electron chi connectivity index (χ2n) is 4.98. The highest BCUT2D eigenvalue weighted by molar-refractivity contribution is 7.99. The van der Waals surface area contributed by atoms with Crippen molar-refractivity contribution in [1.82, 2.24) is 9.97 Å². The van der Waals surface area contributed by atoms with Crippen LogP contribution in [0.1, 0.15) is 53.7 Å². The number of aromatic nitrogens is 2. The quantitative estimate of drug-likeness (QED) is 0.918. The fraction of sp³-hybridized carbons (Fsp3) is 0.643. The van der Waals surface area contributed by atoms with Crippen LogP contribution < -0.4 is 0 Å². The largest absolute Gasteiger partial charge is 0.481 e. The summed E-state index contributed by atoms with van der Waals surface area (Å²) in [6.45, 7) is 3.92. The molecule has 1 fully saturated rings. The molecule has 0 amide bonds. The molecule has 104 valence electrons. The van der Waals surface area contributed by atoms with Crippen molar-refractivity contribution < 1.29 is 9.90 Å². The van der Waals surface area contributed by atoms with Crippen molar-refractivity contribution in [2.75, 3.05) is 5.75 Å². The Bertz CT molecular complexity index is 448. The zero-order valence-corrected chi connectivity index (χ0v) is 12.3. The van der Waals surface area contributed by atoms with Crippen LogP contribution in [-0.2, 0) is 11.2 Å². The van der Waals surface area contributed by atoms with Gasteiger partial charge in [-0.15, -0.1) is 0 Å². The Morgan fingerprint density at radius 3 is 2.53 bits per heavy atom. The van der Waals surface area contributed by atoms with Crippen molar-refractivity contribution in [1.29, 1.82) is 0 Å². The number of carbonyl (C=O) groups is 1. The van der Waals surface area contributed by atoms with Crippen LogP contribution in [0, 0.1) is 13.8 Å². The SMILES string of the molecule is Cc1nc(C2CCCCS2)nc(C)c1CCC(=O)O. The molecule has 1 aliphatic rings. The summed E-state index contributed by atoms with van der Waals surface area (Å²) in [5, 5.41) is 9.19. The lowest BCUT2D eigenvalue weighted by Gasteiger charge is -2.21. The van der Waals surface area contributed by atoms with Gasteiger partial charge in [0.1, 0.15) is 5.82 Å². The molecule has 4 nitrogen and oxygen atoms in total. The zero-order chi connectivity index (χ0) is 13.8. The molecule has 1 atom stereocenters. The zero-order valence-electron chi connectivity index (χ0n) is 11.5. The number of aliphatic carboxylic acids is 1. The van der Waals surface area contributed by atoms with Crippen molar-refractivity contribution in [3.05, 3.63) is 22.8 Å². The topological polar surface area (TPSA) is 63.1 Å². The summed E-state index contributed by atoms with van der Waals surface area (Å²) in [5.41, 5.74) is 2.87. The molecular formula is C14H20N2O2S. The third-order valence-corrected chi connectivity index (χ3v) is 4.87. The van der Waals surface area contributed by atoms with Gasteiger partial charge in [-0.3, -0.25) is 4.79 Å². The van der Waals surface area contributed by atoms with Crippen molar-refractivity contribution in [2.24, 2.45) is 0 Å². The van der Waals surface area contributed by atoms with Crippen molar-refractivity contribution in [2.45, 2.75) is 51.2 Å². The third-order valence-electron chi connectivity index (χ3n) is 3.49. The number of carboxylic acid groups (broad SMARTS) is 1. The van der Waals surface area contributed by atoms with Crippen LogP contribution in [0.3, 0.4) is 0 Å². The van der Waals surface area contributed by atoms with E-state index in [1.165, 1.54) is 18.6 Å². The molecule has 2 heterocycles. The van der Waals surface area contributed by atoms with E-state index in [2.05, 4.69) is 9.97 Å². The summed E-state index contributed by atoms with van der Waals surface area (Å²) in [6.07, 6.45) is 4.35. The third kappa shape index (κ3) is 3.69. The Kier molecular flexibility index (Phi) is 4.80. The highest BCUT2D eigenvalue weighted by atomic mass is 32.2. The lowest BCUT2D eigenvalue weighted by atomic mass is 10.1. The highest BCUT2D eigenvalue weighted by Crippen LogP contribution is 2.36. The molecule has 0 aliphatic carbocycles. The molecule has 0 aromatic carbocycles.